The maximum Gasteiger partial charge on any atom is 0.341 e. The summed E-state index contributed by atoms with van der Waals surface area (Å²) in [5, 5.41) is 9.06. The molecule has 0 fully saturated rings. The highest BCUT2D eigenvalue weighted by atomic mass is 32.1. The number of esters is 1. The van der Waals surface area contributed by atoms with Crippen molar-refractivity contribution in [3.05, 3.63) is 59.7 Å². The second kappa shape index (κ2) is 7.52. The number of hydrogen-bond acceptors (Lipinski definition) is 5. The Kier molecular flexibility index (Phi) is 5.43. The summed E-state index contributed by atoms with van der Waals surface area (Å²) in [6.45, 7) is -0.223. The third kappa shape index (κ3) is 3.87. The van der Waals surface area contributed by atoms with Crippen LogP contribution in [0.1, 0.15) is 15.9 Å². The molecule has 1 N–H and O–H groups in total. The van der Waals surface area contributed by atoms with E-state index in [9.17, 15) is 4.79 Å². The molecule has 5 heteroatoms. The highest BCUT2D eigenvalue weighted by molar-refractivity contribution is 7.78. The number of thiocarbonyl (C=S) groups is 1. The molecule has 108 valence electrons. The lowest BCUT2D eigenvalue weighted by Crippen LogP contribution is -2.09. The van der Waals surface area contributed by atoms with Gasteiger partial charge in [0.2, 0.25) is 6.79 Å². The minimum atomic E-state index is -0.478. The van der Waals surface area contributed by atoms with Gasteiger partial charge in [0.1, 0.15) is 0 Å². The lowest BCUT2D eigenvalue weighted by molar-refractivity contribution is 0.0147. The highest BCUT2D eigenvalue weighted by Crippen LogP contribution is 2.24. The largest absolute Gasteiger partial charge is 0.454 e. The summed E-state index contributed by atoms with van der Waals surface area (Å²) in [6.07, 6.45) is 0. The molecule has 0 spiro atoms. The minimum Gasteiger partial charge on any atom is -0.454 e. The van der Waals surface area contributed by atoms with Gasteiger partial charge >= 0.3 is 5.97 Å². The number of aliphatic hydroxyl groups is 1. The van der Waals surface area contributed by atoms with Gasteiger partial charge in [0.05, 0.1) is 12.2 Å². The molecule has 2 aromatic carbocycles. The number of aliphatic hydroxyl groups excluding tert-OH is 1. The first-order valence-electron chi connectivity index (χ1n) is 6.28. The van der Waals surface area contributed by atoms with Crippen molar-refractivity contribution in [3.8, 4) is 11.1 Å². The summed E-state index contributed by atoms with van der Waals surface area (Å²) in [5.41, 5.74) is 3.94. The van der Waals surface area contributed by atoms with Crippen LogP contribution in [0.3, 0.4) is 0 Å². The fourth-order valence-corrected chi connectivity index (χ4v) is 1.95. The van der Waals surface area contributed by atoms with E-state index in [-0.39, 0.29) is 13.4 Å². The van der Waals surface area contributed by atoms with Gasteiger partial charge in [-0.2, -0.15) is 0 Å². The fourth-order valence-electron chi connectivity index (χ4n) is 1.90. The Morgan fingerprint density at radius 1 is 1.14 bits per heavy atom. The Hall–Kier alpha value is -2.24. The second-order valence-electron chi connectivity index (χ2n) is 4.21. The Balaban J connectivity index is 2.27. The van der Waals surface area contributed by atoms with Crippen LogP contribution >= 0.6 is 12.2 Å². The molecule has 21 heavy (non-hydrogen) atoms. The summed E-state index contributed by atoms with van der Waals surface area (Å²) in [4.78, 5) is 12.0. The van der Waals surface area contributed by atoms with Crippen molar-refractivity contribution < 1.29 is 19.4 Å². The molecular weight excluding hydrogens is 288 g/mol. The van der Waals surface area contributed by atoms with E-state index in [4.69, 9.17) is 14.6 Å². The zero-order chi connectivity index (χ0) is 15.1. The van der Waals surface area contributed by atoms with E-state index in [1.807, 2.05) is 36.4 Å². The maximum atomic E-state index is 12.0. The molecule has 2 rings (SSSR count). The lowest BCUT2D eigenvalue weighted by atomic mass is 9.99. The predicted octanol–water partition coefficient (Wildman–Crippen LogP) is 2.93. The number of carbonyl (C=O) groups is 1. The normalized spacial score (nSPS) is 9.95. The molecule has 0 saturated heterocycles. The second-order valence-corrected chi connectivity index (χ2v) is 4.41. The van der Waals surface area contributed by atoms with Crippen molar-refractivity contribution in [3.63, 3.8) is 0 Å². The van der Waals surface area contributed by atoms with Crippen molar-refractivity contribution >= 4 is 23.7 Å². The third-order valence-corrected chi connectivity index (χ3v) is 3.06. The average Bonchev–Trinajstić information content (AvgIpc) is 2.55. The Bertz CT molecular complexity index is 622. The van der Waals surface area contributed by atoms with Crippen LogP contribution in [0.15, 0.2) is 48.5 Å². The van der Waals surface area contributed by atoms with Crippen molar-refractivity contribution in [2.24, 2.45) is 0 Å². The summed E-state index contributed by atoms with van der Waals surface area (Å²) < 4.78 is 9.70. The summed E-state index contributed by atoms with van der Waals surface area (Å²) in [5.74, 6) is -0.478. The zero-order valence-electron chi connectivity index (χ0n) is 11.2. The van der Waals surface area contributed by atoms with E-state index in [1.165, 1.54) is 0 Å². The van der Waals surface area contributed by atoms with Crippen LogP contribution in [0.4, 0.5) is 0 Å². The van der Waals surface area contributed by atoms with E-state index < -0.39 is 5.97 Å². The third-order valence-electron chi connectivity index (χ3n) is 2.92. The molecule has 0 bridgehead atoms. The van der Waals surface area contributed by atoms with Gasteiger partial charge in [-0.15, -0.1) is 0 Å². The maximum absolute atomic E-state index is 12.0. The monoisotopic (exact) mass is 302 g/mol. The van der Waals surface area contributed by atoms with E-state index in [2.05, 4.69) is 12.2 Å². The van der Waals surface area contributed by atoms with Gasteiger partial charge in [-0.3, -0.25) is 0 Å². The molecule has 2 aromatic rings. The first-order valence-corrected chi connectivity index (χ1v) is 6.75. The van der Waals surface area contributed by atoms with Crippen molar-refractivity contribution in [2.45, 2.75) is 6.61 Å². The van der Waals surface area contributed by atoms with Crippen LogP contribution in [0.5, 0.6) is 0 Å². The fraction of sp³-hybridized carbons (Fsp3) is 0.125. The van der Waals surface area contributed by atoms with Gasteiger partial charge in [-0.1, -0.05) is 42.5 Å². The number of ether oxygens (including phenoxy) is 2. The quantitative estimate of drug-likeness (QED) is 0.385. The summed E-state index contributed by atoms with van der Waals surface area (Å²) >= 11 is 4.49. The molecule has 0 aliphatic heterocycles. The van der Waals surface area contributed by atoms with E-state index in [0.29, 0.717) is 5.56 Å². The molecule has 0 unspecified atom stereocenters. The highest BCUT2D eigenvalue weighted by Gasteiger charge is 2.13. The van der Waals surface area contributed by atoms with Crippen molar-refractivity contribution in [2.75, 3.05) is 6.79 Å². The predicted molar refractivity (Wildman–Crippen MR) is 82.8 cm³/mol. The number of hydrogen-bond donors (Lipinski definition) is 1. The van der Waals surface area contributed by atoms with Crippen molar-refractivity contribution in [1.82, 2.24) is 0 Å². The Labute approximate surface area is 127 Å². The van der Waals surface area contributed by atoms with Crippen LogP contribution in [-0.4, -0.2) is 23.4 Å². The van der Waals surface area contributed by atoms with Gasteiger partial charge in [0.15, 0.2) is 5.55 Å². The molecule has 0 atom stereocenters. The van der Waals surface area contributed by atoms with Crippen LogP contribution < -0.4 is 0 Å². The molecule has 0 saturated carbocycles. The van der Waals surface area contributed by atoms with E-state index in [0.717, 1.165) is 22.2 Å². The number of rotatable bonds is 6. The van der Waals surface area contributed by atoms with Gasteiger partial charge < -0.3 is 14.6 Å². The molecule has 0 radical (unpaired) electrons. The zero-order valence-corrected chi connectivity index (χ0v) is 12.0. The lowest BCUT2D eigenvalue weighted by Gasteiger charge is -2.10. The summed E-state index contributed by atoms with van der Waals surface area (Å²) in [7, 11) is 0. The molecule has 0 aliphatic rings. The van der Waals surface area contributed by atoms with Gasteiger partial charge in [0, 0.05) is 0 Å². The molecule has 0 aliphatic carbocycles. The molecular formula is C16H14O4S. The first-order chi connectivity index (χ1) is 10.3. The van der Waals surface area contributed by atoms with Crippen LogP contribution in [0.25, 0.3) is 11.1 Å². The standard InChI is InChI=1S/C16H14O4S/c17-9-12-5-7-13(8-6-12)14-3-1-2-4-15(14)16(18)20-10-19-11-21/h1-8,11,17H,9-10H2. The van der Waals surface area contributed by atoms with Gasteiger partial charge in [0.25, 0.3) is 0 Å². The van der Waals surface area contributed by atoms with Crippen LogP contribution in [0.2, 0.25) is 0 Å². The smallest absolute Gasteiger partial charge is 0.341 e. The van der Waals surface area contributed by atoms with Gasteiger partial charge in [-0.05, 0) is 35.0 Å². The molecule has 0 aromatic heterocycles. The average molecular weight is 302 g/mol. The van der Waals surface area contributed by atoms with Crippen LogP contribution in [0, 0.1) is 0 Å². The minimum absolute atomic E-state index is 0.0150. The number of benzene rings is 2. The van der Waals surface area contributed by atoms with E-state index >= 15 is 0 Å². The summed E-state index contributed by atoms with van der Waals surface area (Å²) in [6, 6.07) is 14.5. The molecule has 0 heterocycles. The molecule has 4 nitrogen and oxygen atoms in total. The molecule has 0 amide bonds. The first kappa shape index (κ1) is 15.2. The van der Waals surface area contributed by atoms with Gasteiger partial charge in [-0.25, -0.2) is 4.79 Å². The Morgan fingerprint density at radius 3 is 2.52 bits per heavy atom. The SMILES string of the molecule is O=C(OCOC=S)c1ccccc1-c1ccc(CO)cc1. The van der Waals surface area contributed by atoms with Crippen LogP contribution in [-0.2, 0) is 16.1 Å². The Morgan fingerprint density at radius 2 is 1.86 bits per heavy atom. The topological polar surface area (TPSA) is 55.8 Å². The van der Waals surface area contributed by atoms with Crippen molar-refractivity contribution in [1.29, 1.82) is 0 Å². The van der Waals surface area contributed by atoms with E-state index in [1.54, 1.807) is 12.1 Å². The number of carbonyl (C=O) groups excluding carboxylic acids is 1.